The van der Waals surface area contributed by atoms with Crippen molar-refractivity contribution in [1.82, 2.24) is 19.5 Å². The Bertz CT molecular complexity index is 987. The predicted molar refractivity (Wildman–Crippen MR) is 99.7 cm³/mol. The number of benzene rings is 1. The maximum absolute atomic E-state index is 11.6. The van der Waals surface area contributed by atoms with Crippen LogP contribution in [0, 0.1) is 5.92 Å². The summed E-state index contributed by atoms with van der Waals surface area (Å²) in [6.07, 6.45) is 10.7. The number of aromatic nitrogens is 4. The molecule has 0 spiro atoms. The van der Waals surface area contributed by atoms with E-state index in [9.17, 15) is 4.79 Å². The van der Waals surface area contributed by atoms with Crippen LogP contribution >= 0.6 is 0 Å². The normalized spacial score (nSPS) is 17.5. The Morgan fingerprint density at radius 1 is 1.15 bits per heavy atom. The molecule has 0 atom stereocenters. The van der Waals surface area contributed by atoms with Gasteiger partial charge in [0.2, 0.25) is 5.91 Å². The Balaban J connectivity index is 1.48. The van der Waals surface area contributed by atoms with E-state index in [0.717, 1.165) is 34.7 Å². The second-order valence-electron chi connectivity index (χ2n) is 7.40. The van der Waals surface area contributed by atoms with E-state index >= 15 is 0 Å². The lowest BCUT2D eigenvalue weighted by molar-refractivity contribution is -0.115. The average molecular weight is 347 g/mol. The summed E-state index contributed by atoms with van der Waals surface area (Å²) in [4.78, 5) is 25.3. The Morgan fingerprint density at radius 3 is 2.92 bits per heavy atom. The lowest BCUT2D eigenvalue weighted by Crippen LogP contribution is -2.13. The van der Waals surface area contributed by atoms with Gasteiger partial charge in [0.15, 0.2) is 11.3 Å². The molecule has 0 bridgehead atoms. The summed E-state index contributed by atoms with van der Waals surface area (Å²) in [5.74, 6) is 0.757. The molecule has 132 valence electrons. The van der Waals surface area contributed by atoms with E-state index < -0.39 is 0 Å². The zero-order valence-electron chi connectivity index (χ0n) is 14.6. The molecule has 2 aliphatic rings. The lowest BCUT2D eigenvalue weighted by atomic mass is 9.89. The topological polar surface area (TPSA) is 72.7 Å². The van der Waals surface area contributed by atoms with Crippen LogP contribution in [-0.2, 0) is 17.8 Å². The van der Waals surface area contributed by atoms with Crippen LogP contribution in [-0.4, -0.2) is 25.4 Å². The van der Waals surface area contributed by atoms with Crippen molar-refractivity contribution in [3.8, 4) is 11.3 Å². The number of nitrogens with one attached hydrogen (secondary N) is 1. The first-order valence-electron chi connectivity index (χ1n) is 9.37. The fourth-order valence-corrected chi connectivity index (χ4v) is 4.14. The first-order valence-corrected chi connectivity index (χ1v) is 9.37. The van der Waals surface area contributed by atoms with Crippen LogP contribution in [0.4, 0.5) is 5.69 Å². The second kappa shape index (κ2) is 6.20. The van der Waals surface area contributed by atoms with Crippen molar-refractivity contribution >= 4 is 22.9 Å². The summed E-state index contributed by atoms with van der Waals surface area (Å²) >= 11 is 0. The van der Waals surface area contributed by atoms with Crippen LogP contribution in [0.5, 0.6) is 0 Å². The molecule has 6 nitrogen and oxygen atoms in total. The molecule has 3 aromatic rings. The van der Waals surface area contributed by atoms with E-state index in [1.807, 2.05) is 24.5 Å². The number of imidazole rings is 1. The number of anilines is 1. The van der Waals surface area contributed by atoms with Crippen molar-refractivity contribution in [1.29, 1.82) is 0 Å². The Hall–Kier alpha value is -2.76. The molecule has 1 amide bonds. The fourth-order valence-electron chi connectivity index (χ4n) is 4.14. The average Bonchev–Trinajstić information content (AvgIpc) is 3.24. The van der Waals surface area contributed by atoms with Gasteiger partial charge < -0.3 is 9.88 Å². The SMILES string of the molecule is O=C1Cc2cc(-c3cnc4ncn(CC5CCCCC5)c4n3)ccc2N1. The Labute approximate surface area is 151 Å². The van der Waals surface area contributed by atoms with Crippen molar-refractivity contribution < 1.29 is 4.79 Å². The fraction of sp³-hybridized carbons (Fsp3) is 0.400. The van der Waals surface area contributed by atoms with E-state index in [-0.39, 0.29) is 5.91 Å². The first-order chi connectivity index (χ1) is 12.8. The minimum absolute atomic E-state index is 0.0456. The Morgan fingerprint density at radius 2 is 2.04 bits per heavy atom. The van der Waals surface area contributed by atoms with E-state index in [1.165, 1.54) is 32.1 Å². The van der Waals surface area contributed by atoms with E-state index in [4.69, 9.17) is 4.98 Å². The van der Waals surface area contributed by atoms with Gasteiger partial charge in [-0.25, -0.2) is 15.0 Å². The van der Waals surface area contributed by atoms with E-state index in [2.05, 4.69) is 19.9 Å². The molecule has 0 radical (unpaired) electrons. The highest BCUT2D eigenvalue weighted by Gasteiger charge is 2.19. The van der Waals surface area contributed by atoms with Gasteiger partial charge in [-0.1, -0.05) is 25.3 Å². The minimum atomic E-state index is 0.0456. The minimum Gasteiger partial charge on any atom is -0.326 e. The number of carbonyl (C=O) groups is 1. The van der Waals surface area contributed by atoms with Crippen LogP contribution in [0.2, 0.25) is 0 Å². The third-order valence-corrected chi connectivity index (χ3v) is 5.53. The molecule has 1 N–H and O–H groups in total. The molecule has 1 aromatic carbocycles. The van der Waals surface area contributed by atoms with Gasteiger partial charge in [-0.15, -0.1) is 0 Å². The van der Waals surface area contributed by atoms with Gasteiger partial charge >= 0.3 is 0 Å². The number of carbonyl (C=O) groups excluding carboxylic acids is 1. The van der Waals surface area contributed by atoms with Crippen molar-refractivity contribution in [2.75, 3.05) is 5.32 Å². The largest absolute Gasteiger partial charge is 0.326 e. The van der Waals surface area contributed by atoms with Crippen molar-refractivity contribution in [2.45, 2.75) is 45.1 Å². The molecule has 1 saturated carbocycles. The molecule has 2 aromatic heterocycles. The molecule has 6 heteroatoms. The number of hydrogen-bond donors (Lipinski definition) is 1. The predicted octanol–water partition coefficient (Wildman–Crippen LogP) is 3.57. The first kappa shape index (κ1) is 15.5. The van der Waals surface area contributed by atoms with Crippen LogP contribution in [0.15, 0.2) is 30.7 Å². The zero-order valence-corrected chi connectivity index (χ0v) is 14.6. The lowest BCUT2D eigenvalue weighted by Gasteiger charge is -2.21. The molecule has 3 heterocycles. The van der Waals surface area contributed by atoms with Crippen molar-refractivity contribution in [3.05, 3.63) is 36.3 Å². The molecule has 1 aliphatic carbocycles. The van der Waals surface area contributed by atoms with E-state index in [0.29, 0.717) is 18.0 Å². The highest BCUT2D eigenvalue weighted by molar-refractivity contribution is 5.99. The van der Waals surface area contributed by atoms with Gasteiger partial charge in [-0.2, -0.15) is 0 Å². The number of fused-ring (bicyclic) bond motifs is 2. The molecule has 0 unspecified atom stereocenters. The van der Waals surface area contributed by atoms with Gasteiger partial charge in [0.25, 0.3) is 0 Å². The second-order valence-corrected chi connectivity index (χ2v) is 7.40. The quantitative estimate of drug-likeness (QED) is 0.786. The van der Waals surface area contributed by atoms with Crippen LogP contribution in [0.25, 0.3) is 22.6 Å². The van der Waals surface area contributed by atoms with Crippen LogP contribution in [0.1, 0.15) is 37.7 Å². The number of nitrogens with zero attached hydrogens (tertiary/aromatic N) is 4. The van der Waals surface area contributed by atoms with Gasteiger partial charge in [0, 0.05) is 17.8 Å². The number of rotatable bonds is 3. The molecule has 5 rings (SSSR count). The van der Waals surface area contributed by atoms with Gasteiger partial charge in [-0.05, 0) is 36.5 Å². The molecule has 1 aliphatic heterocycles. The summed E-state index contributed by atoms with van der Waals surface area (Å²) in [5.41, 5.74) is 5.27. The number of amides is 1. The summed E-state index contributed by atoms with van der Waals surface area (Å²) in [5, 5.41) is 2.87. The third-order valence-electron chi connectivity index (χ3n) is 5.53. The molecule has 1 fully saturated rings. The van der Waals surface area contributed by atoms with Crippen LogP contribution in [0.3, 0.4) is 0 Å². The monoisotopic (exact) mass is 347 g/mol. The maximum atomic E-state index is 11.6. The zero-order chi connectivity index (χ0) is 17.5. The highest BCUT2D eigenvalue weighted by Crippen LogP contribution is 2.29. The summed E-state index contributed by atoms with van der Waals surface area (Å²) in [6.45, 7) is 0.969. The summed E-state index contributed by atoms with van der Waals surface area (Å²) in [6, 6.07) is 5.97. The summed E-state index contributed by atoms with van der Waals surface area (Å²) < 4.78 is 2.15. The molecule has 26 heavy (non-hydrogen) atoms. The molecular formula is C20H21N5O. The molecular weight excluding hydrogens is 326 g/mol. The third kappa shape index (κ3) is 2.75. The standard InChI is InChI=1S/C20H21N5O/c26-18-9-15-8-14(6-7-16(15)23-18)17-10-21-19-20(24-17)25(12-22-19)11-13-4-2-1-3-5-13/h6-8,10,12-13H,1-5,9,11H2,(H,23,26). The van der Waals surface area contributed by atoms with Crippen molar-refractivity contribution in [3.63, 3.8) is 0 Å². The van der Waals surface area contributed by atoms with Crippen LogP contribution < -0.4 is 5.32 Å². The highest BCUT2D eigenvalue weighted by atomic mass is 16.1. The van der Waals surface area contributed by atoms with E-state index in [1.54, 1.807) is 6.20 Å². The maximum Gasteiger partial charge on any atom is 0.228 e. The number of hydrogen-bond acceptors (Lipinski definition) is 4. The van der Waals surface area contributed by atoms with Crippen molar-refractivity contribution in [2.24, 2.45) is 5.92 Å². The molecule has 0 saturated heterocycles. The summed E-state index contributed by atoms with van der Waals surface area (Å²) in [7, 11) is 0. The van der Waals surface area contributed by atoms with Gasteiger partial charge in [0.05, 0.1) is 24.6 Å². The van der Waals surface area contributed by atoms with Gasteiger partial charge in [0.1, 0.15) is 0 Å². The van der Waals surface area contributed by atoms with Gasteiger partial charge in [-0.3, -0.25) is 4.79 Å². The smallest absolute Gasteiger partial charge is 0.228 e. The Kier molecular flexibility index (Phi) is 3.69.